The Balaban J connectivity index is 1.52. The van der Waals surface area contributed by atoms with E-state index < -0.39 is 0 Å². The molecule has 0 aliphatic carbocycles. The average Bonchev–Trinajstić information content (AvgIpc) is 3.05. The summed E-state index contributed by atoms with van der Waals surface area (Å²) in [4.78, 5) is 13.7. The minimum absolute atomic E-state index is 0.0868. The van der Waals surface area contributed by atoms with E-state index in [9.17, 15) is 9.18 Å². The Morgan fingerprint density at radius 1 is 1.18 bits per heavy atom. The van der Waals surface area contributed by atoms with Gasteiger partial charge in [-0.25, -0.2) is 4.39 Å². The van der Waals surface area contributed by atoms with Crippen LogP contribution in [0.2, 0.25) is 0 Å². The SMILES string of the molecule is O=C(COc1ccc(F)cc1)N1COC(c2ccccc2)C1. The maximum Gasteiger partial charge on any atom is 0.262 e. The van der Waals surface area contributed by atoms with Crippen LogP contribution in [0.1, 0.15) is 11.7 Å². The molecule has 0 bridgehead atoms. The van der Waals surface area contributed by atoms with Crippen molar-refractivity contribution in [3.63, 3.8) is 0 Å². The lowest BCUT2D eigenvalue weighted by molar-refractivity contribution is -0.133. The second kappa shape index (κ2) is 6.58. The van der Waals surface area contributed by atoms with E-state index in [1.807, 2.05) is 30.3 Å². The molecule has 1 saturated heterocycles. The third-order valence-corrected chi connectivity index (χ3v) is 3.52. The van der Waals surface area contributed by atoms with Gasteiger partial charge in [0.1, 0.15) is 24.4 Å². The van der Waals surface area contributed by atoms with Crippen molar-refractivity contribution in [3.8, 4) is 5.75 Å². The number of carbonyl (C=O) groups is 1. The van der Waals surface area contributed by atoms with E-state index in [2.05, 4.69) is 0 Å². The predicted octanol–water partition coefficient (Wildman–Crippen LogP) is 2.76. The standard InChI is InChI=1S/C17H16FNO3/c18-14-6-8-15(9-7-14)21-11-17(20)19-10-16(22-12-19)13-4-2-1-3-5-13/h1-9,16H,10-12H2. The Hall–Kier alpha value is -2.40. The largest absolute Gasteiger partial charge is 0.484 e. The zero-order valence-corrected chi connectivity index (χ0v) is 11.9. The maximum atomic E-state index is 12.8. The molecule has 0 N–H and O–H groups in total. The van der Waals surface area contributed by atoms with Gasteiger partial charge in [-0.05, 0) is 29.8 Å². The molecule has 4 nitrogen and oxygen atoms in total. The van der Waals surface area contributed by atoms with E-state index in [4.69, 9.17) is 9.47 Å². The van der Waals surface area contributed by atoms with Crippen molar-refractivity contribution in [3.05, 3.63) is 66.0 Å². The predicted molar refractivity (Wildman–Crippen MR) is 78.7 cm³/mol. The highest BCUT2D eigenvalue weighted by Gasteiger charge is 2.28. The van der Waals surface area contributed by atoms with Crippen LogP contribution in [0.25, 0.3) is 0 Å². The summed E-state index contributed by atoms with van der Waals surface area (Å²) >= 11 is 0. The fourth-order valence-electron chi connectivity index (χ4n) is 2.30. The molecular weight excluding hydrogens is 285 g/mol. The number of carbonyl (C=O) groups excluding carboxylic acids is 1. The molecule has 2 aromatic rings. The molecule has 3 rings (SSSR count). The number of hydrogen-bond donors (Lipinski definition) is 0. The molecule has 1 amide bonds. The normalized spacial score (nSPS) is 17.5. The average molecular weight is 301 g/mol. The monoisotopic (exact) mass is 301 g/mol. The van der Waals surface area contributed by atoms with E-state index in [0.29, 0.717) is 12.3 Å². The highest BCUT2D eigenvalue weighted by atomic mass is 19.1. The van der Waals surface area contributed by atoms with Gasteiger partial charge in [-0.3, -0.25) is 4.79 Å². The topological polar surface area (TPSA) is 38.8 Å². The third-order valence-electron chi connectivity index (χ3n) is 3.52. The summed E-state index contributed by atoms with van der Waals surface area (Å²) < 4.78 is 23.8. The summed E-state index contributed by atoms with van der Waals surface area (Å²) in [6.45, 7) is 0.678. The lowest BCUT2D eigenvalue weighted by Gasteiger charge is -2.14. The van der Waals surface area contributed by atoms with Gasteiger partial charge in [-0.15, -0.1) is 0 Å². The summed E-state index contributed by atoms with van der Waals surface area (Å²) in [5.41, 5.74) is 1.05. The second-order valence-corrected chi connectivity index (χ2v) is 5.05. The van der Waals surface area contributed by atoms with Gasteiger partial charge in [0.05, 0.1) is 6.54 Å². The number of amides is 1. The number of benzene rings is 2. The minimum Gasteiger partial charge on any atom is -0.484 e. The van der Waals surface area contributed by atoms with Crippen LogP contribution in [-0.2, 0) is 9.53 Å². The van der Waals surface area contributed by atoms with Crippen LogP contribution in [0.4, 0.5) is 4.39 Å². The maximum absolute atomic E-state index is 12.8. The Labute approximate surface area is 128 Å². The smallest absolute Gasteiger partial charge is 0.262 e. The Kier molecular flexibility index (Phi) is 4.34. The van der Waals surface area contributed by atoms with Crippen molar-refractivity contribution in [2.75, 3.05) is 19.9 Å². The molecule has 1 aliphatic heterocycles. The molecule has 1 fully saturated rings. The summed E-state index contributed by atoms with van der Waals surface area (Å²) in [5.74, 6) is -0.0189. The van der Waals surface area contributed by atoms with Gasteiger partial charge in [0.15, 0.2) is 6.61 Å². The van der Waals surface area contributed by atoms with Crippen molar-refractivity contribution in [1.29, 1.82) is 0 Å². The molecule has 114 valence electrons. The molecule has 0 spiro atoms. The quantitative estimate of drug-likeness (QED) is 0.871. The molecule has 22 heavy (non-hydrogen) atoms. The van der Waals surface area contributed by atoms with E-state index in [-0.39, 0.29) is 31.2 Å². The number of rotatable bonds is 4. The van der Waals surface area contributed by atoms with Gasteiger partial charge in [-0.2, -0.15) is 0 Å². The summed E-state index contributed by atoms with van der Waals surface area (Å²) in [7, 11) is 0. The van der Waals surface area contributed by atoms with Crippen molar-refractivity contribution < 1.29 is 18.7 Å². The van der Waals surface area contributed by atoms with Gasteiger partial charge >= 0.3 is 0 Å². The Morgan fingerprint density at radius 2 is 1.91 bits per heavy atom. The molecule has 0 saturated carbocycles. The second-order valence-electron chi connectivity index (χ2n) is 5.05. The molecule has 2 aromatic carbocycles. The first kappa shape index (κ1) is 14.5. The first-order valence-electron chi connectivity index (χ1n) is 7.05. The molecule has 5 heteroatoms. The third kappa shape index (κ3) is 3.43. The fourth-order valence-corrected chi connectivity index (χ4v) is 2.30. The molecular formula is C17H16FNO3. The molecule has 0 radical (unpaired) electrons. The minimum atomic E-state index is -0.336. The van der Waals surface area contributed by atoms with Crippen LogP contribution in [-0.4, -0.2) is 30.7 Å². The zero-order valence-electron chi connectivity index (χ0n) is 11.9. The van der Waals surface area contributed by atoms with Crippen LogP contribution >= 0.6 is 0 Å². The van der Waals surface area contributed by atoms with Gasteiger partial charge in [0.25, 0.3) is 5.91 Å². The van der Waals surface area contributed by atoms with Crippen LogP contribution in [0.5, 0.6) is 5.75 Å². The van der Waals surface area contributed by atoms with Gasteiger partial charge in [-0.1, -0.05) is 30.3 Å². The number of ether oxygens (including phenoxy) is 2. The fraction of sp³-hybridized carbons (Fsp3) is 0.235. The number of halogens is 1. The van der Waals surface area contributed by atoms with Gasteiger partial charge in [0.2, 0.25) is 0 Å². The van der Waals surface area contributed by atoms with E-state index >= 15 is 0 Å². The highest BCUT2D eigenvalue weighted by Crippen LogP contribution is 2.24. The lowest BCUT2D eigenvalue weighted by Crippen LogP contribution is -2.32. The van der Waals surface area contributed by atoms with Crippen LogP contribution in [0, 0.1) is 5.82 Å². The lowest BCUT2D eigenvalue weighted by atomic mass is 10.1. The molecule has 1 atom stereocenters. The number of hydrogen-bond acceptors (Lipinski definition) is 3. The molecule has 1 aliphatic rings. The van der Waals surface area contributed by atoms with Crippen molar-refractivity contribution >= 4 is 5.91 Å². The van der Waals surface area contributed by atoms with E-state index in [1.54, 1.807) is 4.90 Å². The first-order valence-corrected chi connectivity index (χ1v) is 7.05. The van der Waals surface area contributed by atoms with E-state index in [1.165, 1.54) is 24.3 Å². The summed E-state index contributed by atoms with van der Waals surface area (Å²) in [5, 5.41) is 0. The van der Waals surface area contributed by atoms with Crippen molar-refractivity contribution in [2.45, 2.75) is 6.10 Å². The van der Waals surface area contributed by atoms with Crippen LogP contribution < -0.4 is 4.74 Å². The first-order chi connectivity index (χ1) is 10.7. The Bertz CT molecular complexity index is 630. The highest BCUT2D eigenvalue weighted by molar-refractivity contribution is 5.77. The molecule has 1 unspecified atom stereocenters. The number of nitrogens with zero attached hydrogens (tertiary/aromatic N) is 1. The Morgan fingerprint density at radius 3 is 2.64 bits per heavy atom. The van der Waals surface area contributed by atoms with E-state index in [0.717, 1.165) is 5.56 Å². The van der Waals surface area contributed by atoms with Crippen LogP contribution in [0.3, 0.4) is 0 Å². The van der Waals surface area contributed by atoms with Gasteiger partial charge in [0, 0.05) is 0 Å². The summed E-state index contributed by atoms with van der Waals surface area (Å²) in [6, 6.07) is 15.4. The van der Waals surface area contributed by atoms with Crippen molar-refractivity contribution in [1.82, 2.24) is 4.90 Å². The van der Waals surface area contributed by atoms with Gasteiger partial charge < -0.3 is 14.4 Å². The summed E-state index contributed by atoms with van der Waals surface area (Å²) in [6.07, 6.45) is -0.101. The zero-order chi connectivity index (χ0) is 15.4. The van der Waals surface area contributed by atoms with Crippen LogP contribution in [0.15, 0.2) is 54.6 Å². The molecule has 0 aromatic heterocycles. The van der Waals surface area contributed by atoms with Crippen molar-refractivity contribution in [2.24, 2.45) is 0 Å². The molecule has 1 heterocycles.